The number of fused-ring (bicyclic) bond motifs is 1. The van der Waals surface area contributed by atoms with Gasteiger partial charge in [0.25, 0.3) is 5.91 Å². The number of hydrogen-bond donors (Lipinski definition) is 3. The van der Waals surface area contributed by atoms with Crippen LogP contribution in [0.1, 0.15) is 44.1 Å². The molecule has 0 aliphatic carbocycles. The molecule has 0 bridgehead atoms. The number of anilines is 1. The van der Waals surface area contributed by atoms with Crippen molar-refractivity contribution in [2.24, 2.45) is 5.73 Å². The van der Waals surface area contributed by atoms with Crippen LogP contribution in [0.2, 0.25) is 0 Å². The van der Waals surface area contributed by atoms with Crippen molar-refractivity contribution >= 4 is 34.8 Å². The summed E-state index contributed by atoms with van der Waals surface area (Å²) >= 11 is 1.60. The van der Waals surface area contributed by atoms with E-state index in [1.165, 1.54) is 5.56 Å². The molecule has 0 unspecified atom stereocenters. The van der Waals surface area contributed by atoms with Crippen LogP contribution in [-0.4, -0.2) is 47.2 Å². The number of rotatable bonds is 9. The fraction of sp³-hybridized carbons (Fsp3) is 0.423. The number of thiophene rings is 1. The van der Waals surface area contributed by atoms with Gasteiger partial charge in [0.1, 0.15) is 0 Å². The van der Waals surface area contributed by atoms with E-state index in [2.05, 4.69) is 18.3 Å². The van der Waals surface area contributed by atoms with Crippen molar-refractivity contribution in [2.45, 2.75) is 64.2 Å². The van der Waals surface area contributed by atoms with Crippen LogP contribution in [0.4, 0.5) is 10.1 Å². The summed E-state index contributed by atoms with van der Waals surface area (Å²) in [5, 5.41) is 12.8. The molecule has 1 aromatic heterocycles. The van der Waals surface area contributed by atoms with E-state index in [-0.39, 0.29) is 17.9 Å². The molecule has 2 aromatic rings. The third kappa shape index (κ3) is 8.92. The number of carboxylic acid groups (broad SMARTS) is 1. The van der Waals surface area contributed by atoms with Crippen molar-refractivity contribution in [1.29, 1.82) is 0 Å². The minimum absolute atomic E-state index is 0.0526. The van der Waals surface area contributed by atoms with Gasteiger partial charge in [0.15, 0.2) is 0 Å². The molecule has 0 spiro atoms. The number of hydrogen-bond acceptors (Lipinski definition) is 5. The number of nitrogens with two attached hydrogens (primary N) is 1. The van der Waals surface area contributed by atoms with Gasteiger partial charge in [-0.15, -0.1) is 11.3 Å². The summed E-state index contributed by atoms with van der Waals surface area (Å²) < 4.78 is 11.9. The lowest BCUT2D eigenvalue weighted by molar-refractivity contribution is -0.148. The first kappa shape index (κ1) is 28.2. The number of carboxylic acids is 1. The van der Waals surface area contributed by atoms with Gasteiger partial charge in [0.2, 0.25) is 11.6 Å². The van der Waals surface area contributed by atoms with E-state index >= 15 is 0 Å². The van der Waals surface area contributed by atoms with Crippen LogP contribution in [0, 0.1) is 0 Å². The fourth-order valence-electron chi connectivity index (χ4n) is 3.41. The summed E-state index contributed by atoms with van der Waals surface area (Å²) in [7, 11) is 0. The predicted molar refractivity (Wildman–Crippen MR) is 137 cm³/mol. The highest BCUT2D eigenvalue weighted by Crippen LogP contribution is 2.27. The average Bonchev–Trinajstić information content (AvgIpc) is 3.47. The Balaban J connectivity index is 0.000000540. The molecule has 2 amide bonds. The Kier molecular flexibility index (Phi) is 10.6. The molecular weight excluding hydrogens is 469 g/mol. The first-order valence-electron chi connectivity index (χ1n) is 11.6. The number of halogens is 1. The maximum Gasteiger partial charge on any atom is 0.340 e. The van der Waals surface area contributed by atoms with E-state index < -0.39 is 17.7 Å². The van der Waals surface area contributed by atoms with Gasteiger partial charge in [-0.3, -0.25) is 9.59 Å². The van der Waals surface area contributed by atoms with Crippen LogP contribution < -0.4 is 16.0 Å². The summed E-state index contributed by atoms with van der Waals surface area (Å²) in [6.45, 7) is 4.74. The first-order chi connectivity index (χ1) is 16.5. The number of nitrogens with one attached hydrogen (secondary N) is 1. The smallest absolute Gasteiger partial charge is 0.340 e. The van der Waals surface area contributed by atoms with Crippen molar-refractivity contribution in [3.05, 3.63) is 64.4 Å². The molecule has 7 nitrogen and oxygen atoms in total. The van der Waals surface area contributed by atoms with Crippen molar-refractivity contribution in [2.75, 3.05) is 11.4 Å². The number of nitrogens with zero attached hydrogens (tertiary/aromatic N) is 1. The van der Waals surface area contributed by atoms with Gasteiger partial charge in [0, 0.05) is 35.6 Å². The van der Waals surface area contributed by atoms with Crippen molar-refractivity contribution in [3.63, 3.8) is 0 Å². The molecule has 35 heavy (non-hydrogen) atoms. The molecule has 1 aromatic carbocycles. The van der Waals surface area contributed by atoms with Crippen molar-refractivity contribution in [1.82, 2.24) is 5.32 Å². The van der Waals surface area contributed by atoms with E-state index in [0.717, 1.165) is 43.7 Å². The van der Waals surface area contributed by atoms with Crippen LogP contribution in [0.25, 0.3) is 0 Å². The molecule has 0 radical (unpaired) electrons. The zero-order valence-electron chi connectivity index (χ0n) is 20.4. The quantitative estimate of drug-likeness (QED) is 0.450. The zero-order chi connectivity index (χ0) is 26.0. The fourth-order valence-corrected chi connectivity index (χ4v) is 4.18. The summed E-state index contributed by atoms with van der Waals surface area (Å²) in [6, 6.07) is 11.1. The largest absolute Gasteiger partial charge is 0.479 e. The molecule has 0 saturated carbocycles. The lowest BCUT2D eigenvalue weighted by Crippen LogP contribution is -2.45. The normalized spacial score (nSPS) is 14.6. The Morgan fingerprint density at radius 2 is 1.94 bits per heavy atom. The highest BCUT2D eigenvalue weighted by Gasteiger charge is 2.25. The summed E-state index contributed by atoms with van der Waals surface area (Å²) in [5.74, 6) is -1.66. The molecular formula is C26H34FN3O4S. The van der Waals surface area contributed by atoms with Gasteiger partial charge < -0.3 is 21.1 Å². The number of benzene rings is 1. The summed E-state index contributed by atoms with van der Waals surface area (Å²) in [4.78, 5) is 37.6. The molecule has 9 heteroatoms. The second-order valence-electron chi connectivity index (χ2n) is 8.80. The molecule has 190 valence electrons. The highest BCUT2D eigenvalue weighted by atomic mass is 32.1. The highest BCUT2D eigenvalue weighted by molar-refractivity contribution is 7.09. The molecule has 2 heterocycles. The SMILES string of the molecule is CC(C)(F)C(=O)O.CCC[C@@H](/C=C/C(=O)N1CCc2ccccc21)NC(=O)[C@@H](N)Cc1cccs1. The lowest BCUT2D eigenvalue weighted by Gasteiger charge is -2.19. The third-order valence-electron chi connectivity index (χ3n) is 5.40. The van der Waals surface area contributed by atoms with Gasteiger partial charge in [-0.1, -0.05) is 43.7 Å². The second kappa shape index (κ2) is 13.2. The summed E-state index contributed by atoms with van der Waals surface area (Å²) in [6.07, 6.45) is 6.43. The minimum Gasteiger partial charge on any atom is -0.479 e. The maximum absolute atomic E-state index is 12.7. The van der Waals surface area contributed by atoms with E-state index in [0.29, 0.717) is 13.0 Å². The van der Waals surface area contributed by atoms with Crippen LogP contribution in [0.15, 0.2) is 53.9 Å². The Morgan fingerprint density at radius 3 is 2.54 bits per heavy atom. The molecule has 4 N–H and O–H groups in total. The Hall–Kier alpha value is -3.04. The van der Waals surface area contributed by atoms with Crippen LogP contribution in [0.3, 0.4) is 0 Å². The van der Waals surface area contributed by atoms with Gasteiger partial charge >= 0.3 is 5.97 Å². The van der Waals surface area contributed by atoms with Gasteiger partial charge in [-0.05, 0) is 49.8 Å². The third-order valence-corrected chi connectivity index (χ3v) is 6.30. The number of amides is 2. The van der Waals surface area contributed by atoms with Crippen molar-refractivity contribution < 1.29 is 23.9 Å². The standard InChI is InChI=1S/C22H27N3O2S.C4H7FO2/c1-2-6-17(24-22(27)19(23)15-18-8-5-14-28-18)10-11-21(26)25-13-12-16-7-3-4-9-20(16)25;1-4(2,5)3(6)7/h3-5,7-11,14,17,19H,2,6,12-13,15,23H2,1H3,(H,24,27);1-2H3,(H,6,7)/b11-10+;/t17-,19-;/m0./s1. The zero-order valence-corrected chi connectivity index (χ0v) is 21.2. The molecule has 0 fully saturated rings. The first-order valence-corrected chi connectivity index (χ1v) is 12.5. The van der Waals surface area contributed by atoms with Crippen LogP contribution in [-0.2, 0) is 27.2 Å². The van der Waals surface area contributed by atoms with Crippen LogP contribution >= 0.6 is 11.3 Å². The van der Waals surface area contributed by atoms with Gasteiger partial charge in [0.05, 0.1) is 6.04 Å². The monoisotopic (exact) mass is 503 g/mol. The Labute approximate surface area is 209 Å². The molecule has 3 rings (SSSR count). The number of carbonyl (C=O) groups is 3. The van der Waals surface area contributed by atoms with E-state index in [1.54, 1.807) is 28.4 Å². The second-order valence-corrected chi connectivity index (χ2v) is 9.83. The van der Waals surface area contributed by atoms with Gasteiger partial charge in [-0.2, -0.15) is 0 Å². The predicted octanol–water partition coefficient (Wildman–Crippen LogP) is 3.87. The lowest BCUT2D eigenvalue weighted by atomic mass is 10.1. The molecule has 0 saturated heterocycles. The van der Waals surface area contributed by atoms with Gasteiger partial charge in [-0.25, -0.2) is 9.18 Å². The number of carbonyl (C=O) groups excluding carboxylic acids is 2. The van der Waals surface area contributed by atoms with E-state index in [9.17, 15) is 18.8 Å². The minimum atomic E-state index is -2.08. The van der Waals surface area contributed by atoms with E-state index in [1.807, 2.05) is 35.7 Å². The van der Waals surface area contributed by atoms with E-state index in [4.69, 9.17) is 10.8 Å². The Bertz CT molecular complexity index is 1020. The molecule has 2 atom stereocenters. The maximum atomic E-state index is 12.7. The number of alkyl halides is 1. The topological polar surface area (TPSA) is 113 Å². The number of aliphatic carboxylic acids is 1. The Morgan fingerprint density at radius 1 is 1.26 bits per heavy atom. The summed E-state index contributed by atoms with van der Waals surface area (Å²) in [5.41, 5.74) is 6.15. The average molecular weight is 504 g/mol. The van der Waals surface area contributed by atoms with Crippen molar-refractivity contribution in [3.8, 4) is 0 Å². The molecule has 1 aliphatic rings. The van der Waals surface area contributed by atoms with Crippen LogP contribution in [0.5, 0.6) is 0 Å². The molecule has 1 aliphatic heterocycles. The number of para-hydroxylation sites is 1.